The molecular weight excluding hydrogens is 228 g/mol. The lowest BCUT2D eigenvalue weighted by molar-refractivity contribution is 0.0763. The van der Waals surface area contributed by atoms with Gasteiger partial charge in [0.15, 0.2) is 0 Å². The molecule has 18 heavy (non-hydrogen) atoms. The molecule has 2 aromatic heterocycles. The Balaban J connectivity index is 1.91. The third-order valence-corrected chi connectivity index (χ3v) is 3.45. The van der Waals surface area contributed by atoms with Crippen LogP contribution in [0.4, 0.5) is 0 Å². The molecule has 0 radical (unpaired) electrons. The monoisotopic (exact) mass is 244 g/mol. The maximum absolute atomic E-state index is 12.5. The van der Waals surface area contributed by atoms with Gasteiger partial charge >= 0.3 is 0 Å². The second kappa shape index (κ2) is 4.76. The first-order valence-corrected chi connectivity index (χ1v) is 6.43. The molecule has 1 saturated heterocycles. The predicted octanol–water partition coefficient (Wildman–Crippen LogP) is 1.75. The molecule has 1 aliphatic heterocycles. The van der Waals surface area contributed by atoms with Crippen molar-refractivity contribution in [2.45, 2.75) is 25.7 Å². The first-order chi connectivity index (χ1) is 8.86. The van der Waals surface area contributed by atoms with Gasteiger partial charge in [-0.2, -0.15) is 5.10 Å². The van der Waals surface area contributed by atoms with Crippen molar-refractivity contribution in [3.05, 3.63) is 30.4 Å². The van der Waals surface area contributed by atoms with E-state index >= 15 is 0 Å². The number of rotatable bonds is 1. The lowest BCUT2D eigenvalue weighted by atomic mass is 10.2. The maximum atomic E-state index is 12.5. The molecule has 0 spiro atoms. The summed E-state index contributed by atoms with van der Waals surface area (Å²) in [5.41, 5.74) is 1.44. The molecule has 2 aromatic rings. The van der Waals surface area contributed by atoms with Crippen LogP contribution in [0.25, 0.3) is 5.52 Å². The van der Waals surface area contributed by atoms with E-state index in [1.807, 2.05) is 4.90 Å². The zero-order valence-corrected chi connectivity index (χ0v) is 10.2. The van der Waals surface area contributed by atoms with Gasteiger partial charge in [0.1, 0.15) is 0 Å². The number of nitrogens with zero attached hydrogens (tertiary/aromatic N) is 4. The Kier molecular flexibility index (Phi) is 2.96. The van der Waals surface area contributed by atoms with Crippen molar-refractivity contribution in [1.29, 1.82) is 0 Å². The van der Waals surface area contributed by atoms with E-state index in [9.17, 15) is 4.79 Å². The summed E-state index contributed by atoms with van der Waals surface area (Å²) in [7, 11) is 0. The van der Waals surface area contributed by atoms with Gasteiger partial charge in [-0.3, -0.25) is 9.78 Å². The van der Waals surface area contributed by atoms with Crippen molar-refractivity contribution in [3.8, 4) is 0 Å². The summed E-state index contributed by atoms with van der Waals surface area (Å²) in [6.45, 7) is 1.72. The number of likely N-dealkylation sites (tertiary alicyclic amines) is 1. The standard InChI is InChI=1S/C13H16N4O/c18-13(16-6-3-1-2-4-7-16)11-9-15-17-8-5-14-10-12(11)17/h5,8-10H,1-4,6-7H2. The largest absolute Gasteiger partial charge is 0.339 e. The molecule has 0 bridgehead atoms. The van der Waals surface area contributed by atoms with E-state index in [-0.39, 0.29) is 5.91 Å². The number of hydrogen-bond acceptors (Lipinski definition) is 3. The van der Waals surface area contributed by atoms with E-state index in [1.54, 1.807) is 29.3 Å². The highest BCUT2D eigenvalue weighted by Crippen LogP contribution is 2.16. The second-order valence-corrected chi connectivity index (χ2v) is 4.67. The van der Waals surface area contributed by atoms with E-state index in [0.29, 0.717) is 5.56 Å². The SMILES string of the molecule is O=C(c1cnn2ccncc12)N1CCCCCC1. The van der Waals surface area contributed by atoms with E-state index < -0.39 is 0 Å². The molecule has 0 aliphatic carbocycles. The molecule has 0 unspecified atom stereocenters. The van der Waals surface area contributed by atoms with Gasteiger partial charge in [-0.15, -0.1) is 0 Å². The van der Waals surface area contributed by atoms with Gasteiger partial charge in [0.05, 0.1) is 23.5 Å². The van der Waals surface area contributed by atoms with Crippen molar-refractivity contribution < 1.29 is 4.79 Å². The predicted molar refractivity (Wildman–Crippen MR) is 67.4 cm³/mol. The molecule has 0 N–H and O–H groups in total. The molecule has 1 fully saturated rings. The minimum absolute atomic E-state index is 0.0832. The topological polar surface area (TPSA) is 50.5 Å². The van der Waals surface area contributed by atoms with Crippen LogP contribution in [0.15, 0.2) is 24.8 Å². The highest BCUT2D eigenvalue weighted by molar-refractivity contribution is 6.00. The average Bonchev–Trinajstić information content (AvgIpc) is 2.65. The Hall–Kier alpha value is -1.91. The summed E-state index contributed by atoms with van der Waals surface area (Å²) in [5, 5.41) is 4.19. The van der Waals surface area contributed by atoms with Gasteiger partial charge in [-0.05, 0) is 12.8 Å². The Labute approximate surface area is 105 Å². The summed E-state index contributed by atoms with van der Waals surface area (Å²) < 4.78 is 1.69. The van der Waals surface area contributed by atoms with Gasteiger partial charge in [-0.25, -0.2) is 4.52 Å². The third kappa shape index (κ3) is 1.96. The minimum Gasteiger partial charge on any atom is -0.339 e. The van der Waals surface area contributed by atoms with Crippen LogP contribution in [0.5, 0.6) is 0 Å². The van der Waals surface area contributed by atoms with Crippen LogP contribution in [0, 0.1) is 0 Å². The summed E-state index contributed by atoms with van der Waals surface area (Å²) >= 11 is 0. The van der Waals surface area contributed by atoms with Crippen LogP contribution in [0.1, 0.15) is 36.0 Å². The molecule has 0 aromatic carbocycles. The summed E-state index contributed by atoms with van der Waals surface area (Å²) in [4.78, 5) is 18.5. The quantitative estimate of drug-likeness (QED) is 0.768. The van der Waals surface area contributed by atoms with Gasteiger partial charge in [0.25, 0.3) is 5.91 Å². The summed E-state index contributed by atoms with van der Waals surface area (Å²) in [6, 6.07) is 0. The van der Waals surface area contributed by atoms with Gasteiger partial charge in [0, 0.05) is 25.5 Å². The summed E-state index contributed by atoms with van der Waals surface area (Å²) in [5.74, 6) is 0.0832. The van der Waals surface area contributed by atoms with Crippen LogP contribution in [0.3, 0.4) is 0 Å². The first kappa shape index (κ1) is 11.2. The Morgan fingerprint density at radius 3 is 2.67 bits per heavy atom. The van der Waals surface area contributed by atoms with E-state index in [2.05, 4.69) is 10.1 Å². The van der Waals surface area contributed by atoms with Crippen molar-refractivity contribution in [3.63, 3.8) is 0 Å². The van der Waals surface area contributed by atoms with Crippen LogP contribution < -0.4 is 0 Å². The Morgan fingerprint density at radius 1 is 1.11 bits per heavy atom. The fourth-order valence-corrected chi connectivity index (χ4v) is 2.44. The van der Waals surface area contributed by atoms with Gasteiger partial charge < -0.3 is 4.90 Å². The minimum atomic E-state index is 0.0832. The fraction of sp³-hybridized carbons (Fsp3) is 0.462. The highest BCUT2D eigenvalue weighted by atomic mass is 16.2. The molecule has 1 amide bonds. The van der Waals surface area contributed by atoms with Crippen molar-refractivity contribution in [2.75, 3.05) is 13.1 Å². The highest BCUT2D eigenvalue weighted by Gasteiger charge is 2.20. The molecule has 5 heteroatoms. The molecular formula is C13H16N4O. The molecule has 0 atom stereocenters. The lowest BCUT2D eigenvalue weighted by Gasteiger charge is -2.19. The first-order valence-electron chi connectivity index (χ1n) is 6.43. The zero-order valence-electron chi connectivity index (χ0n) is 10.2. The molecule has 1 aliphatic rings. The number of carbonyl (C=O) groups is 1. The van der Waals surface area contributed by atoms with Crippen LogP contribution in [-0.2, 0) is 0 Å². The molecule has 94 valence electrons. The normalized spacial score (nSPS) is 16.8. The molecule has 5 nitrogen and oxygen atoms in total. The fourth-order valence-electron chi connectivity index (χ4n) is 2.44. The van der Waals surface area contributed by atoms with Crippen molar-refractivity contribution in [1.82, 2.24) is 19.5 Å². The number of carbonyl (C=O) groups excluding carboxylic acids is 1. The Morgan fingerprint density at radius 2 is 1.89 bits per heavy atom. The van der Waals surface area contributed by atoms with E-state index in [1.165, 1.54) is 12.8 Å². The average molecular weight is 244 g/mol. The number of amides is 1. The van der Waals surface area contributed by atoms with Crippen LogP contribution in [0.2, 0.25) is 0 Å². The van der Waals surface area contributed by atoms with Gasteiger partial charge in [-0.1, -0.05) is 12.8 Å². The number of aromatic nitrogens is 3. The lowest BCUT2D eigenvalue weighted by Crippen LogP contribution is -2.31. The van der Waals surface area contributed by atoms with Gasteiger partial charge in [0.2, 0.25) is 0 Å². The number of fused-ring (bicyclic) bond motifs is 1. The van der Waals surface area contributed by atoms with Crippen molar-refractivity contribution in [2.24, 2.45) is 0 Å². The maximum Gasteiger partial charge on any atom is 0.257 e. The zero-order chi connectivity index (χ0) is 12.4. The van der Waals surface area contributed by atoms with Crippen LogP contribution in [-0.4, -0.2) is 38.5 Å². The number of hydrogen-bond donors (Lipinski definition) is 0. The summed E-state index contributed by atoms with van der Waals surface area (Å²) in [6.07, 6.45) is 11.4. The second-order valence-electron chi connectivity index (χ2n) is 4.67. The molecule has 3 heterocycles. The smallest absolute Gasteiger partial charge is 0.257 e. The Bertz CT molecular complexity index is 555. The third-order valence-electron chi connectivity index (χ3n) is 3.45. The molecule has 0 saturated carbocycles. The molecule has 3 rings (SSSR count). The van der Waals surface area contributed by atoms with Crippen LogP contribution >= 0.6 is 0 Å². The van der Waals surface area contributed by atoms with E-state index in [4.69, 9.17) is 0 Å². The van der Waals surface area contributed by atoms with E-state index in [0.717, 1.165) is 31.4 Å². The van der Waals surface area contributed by atoms with Crippen molar-refractivity contribution >= 4 is 11.4 Å².